The van der Waals surface area contributed by atoms with Gasteiger partial charge in [-0.25, -0.2) is 0 Å². The van der Waals surface area contributed by atoms with Crippen LogP contribution in [-0.2, 0) is 6.42 Å². The summed E-state index contributed by atoms with van der Waals surface area (Å²) < 4.78 is 0. The summed E-state index contributed by atoms with van der Waals surface area (Å²) in [7, 11) is 2.02. The van der Waals surface area contributed by atoms with Gasteiger partial charge in [0, 0.05) is 12.0 Å². The van der Waals surface area contributed by atoms with Gasteiger partial charge in [-0.3, -0.25) is 4.79 Å². The Balaban J connectivity index is 2.60. The van der Waals surface area contributed by atoms with Gasteiger partial charge in [0.2, 0.25) is 0 Å². The fourth-order valence-electron chi connectivity index (χ4n) is 1.90. The largest absolute Gasteiger partial charge is 0.294 e. The van der Waals surface area contributed by atoms with Crippen molar-refractivity contribution < 1.29 is 4.79 Å². The predicted molar refractivity (Wildman–Crippen MR) is 51.9 cm³/mol. The van der Waals surface area contributed by atoms with E-state index < -0.39 is 0 Å². The number of Topliss-reactive ketones (excluding diaryl/α,β-unsaturated/α-hetero) is 1. The second-order valence-corrected chi connectivity index (χ2v) is 3.39. The highest BCUT2D eigenvalue weighted by atomic mass is 16.1. The van der Waals surface area contributed by atoms with E-state index in [2.05, 4.69) is 6.07 Å². The van der Waals surface area contributed by atoms with Crippen molar-refractivity contribution in [1.82, 2.24) is 0 Å². The Morgan fingerprint density at radius 1 is 1.25 bits per heavy atom. The zero-order valence-corrected chi connectivity index (χ0v) is 7.26. The van der Waals surface area contributed by atoms with Crippen LogP contribution < -0.4 is 5.46 Å². The molecule has 0 N–H and O–H groups in total. The lowest BCUT2D eigenvalue weighted by atomic mass is 9.80. The molecule has 0 amide bonds. The topological polar surface area (TPSA) is 17.1 Å². The van der Waals surface area contributed by atoms with Crippen LogP contribution in [-0.4, -0.2) is 13.6 Å². The lowest BCUT2D eigenvalue weighted by Crippen LogP contribution is -2.22. The molecule has 0 atom stereocenters. The Morgan fingerprint density at radius 3 is 2.83 bits per heavy atom. The van der Waals surface area contributed by atoms with E-state index in [1.807, 2.05) is 20.0 Å². The number of hydrogen-bond donors (Lipinski definition) is 0. The van der Waals surface area contributed by atoms with Gasteiger partial charge in [-0.05, 0) is 18.4 Å². The zero-order chi connectivity index (χ0) is 8.55. The molecule has 60 valence electrons. The Morgan fingerprint density at radius 2 is 2.08 bits per heavy atom. The minimum Gasteiger partial charge on any atom is -0.294 e. The molecule has 1 aromatic rings. The first-order valence-corrected chi connectivity index (χ1v) is 4.41. The van der Waals surface area contributed by atoms with Crippen molar-refractivity contribution >= 4 is 19.1 Å². The summed E-state index contributed by atoms with van der Waals surface area (Å²) in [5.74, 6) is 0.328. The van der Waals surface area contributed by atoms with Gasteiger partial charge in [-0.2, -0.15) is 0 Å². The van der Waals surface area contributed by atoms with Crippen LogP contribution in [0.15, 0.2) is 18.2 Å². The number of ketones is 1. The summed E-state index contributed by atoms with van der Waals surface area (Å²) in [6.45, 7) is 0. The third-order valence-corrected chi connectivity index (χ3v) is 2.49. The van der Waals surface area contributed by atoms with E-state index in [0.29, 0.717) is 5.78 Å². The van der Waals surface area contributed by atoms with Gasteiger partial charge >= 0.3 is 0 Å². The molecular weight excluding hydrogens is 147 g/mol. The first-order chi connectivity index (χ1) is 5.79. The molecular formula is C10H11BO. The number of hydrogen-bond acceptors (Lipinski definition) is 1. The normalized spacial score (nSPS) is 15.8. The molecule has 0 saturated heterocycles. The lowest BCUT2D eigenvalue weighted by Gasteiger charge is -2.16. The van der Waals surface area contributed by atoms with Gasteiger partial charge in [0.15, 0.2) is 5.78 Å². The van der Waals surface area contributed by atoms with Crippen molar-refractivity contribution in [2.24, 2.45) is 0 Å². The highest BCUT2D eigenvalue weighted by molar-refractivity contribution is 6.37. The fraction of sp³-hybridized carbons (Fsp3) is 0.300. The smallest absolute Gasteiger partial charge is 0.162 e. The van der Waals surface area contributed by atoms with Crippen LogP contribution in [0.1, 0.15) is 28.8 Å². The summed E-state index contributed by atoms with van der Waals surface area (Å²) in [5, 5.41) is 0. The van der Waals surface area contributed by atoms with Crippen LogP contribution in [0, 0.1) is 0 Å². The van der Waals surface area contributed by atoms with Crippen LogP contribution in [0.5, 0.6) is 0 Å². The van der Waals surface area contributed by atoms with Gasteiger partial charge in [-0.15, -0.1) is 0 Å². The maximum Gasteiger partial charge on any atom is 0.162 e. The predicted octanol–water partition coefficient (Wildman–Crippen LogP) is 0.464. The highest BCUT2D eigenvalue weighted by Crippen LogP contribution is 2.18. The molecule has 12 heavy (non-hydrogen) atoms. The molecule has 0 spiro atoms. The fourth-order valence-corrected chi connectivity index (χ4v) is 1.90. The molecule has 2 rings (SSSR count). The van der Waals surface area contributed by atoms with E-state index in [9.17, 15) is 4.79 Å². The Hall–Kier alpha value is -1.05. The highest BCUT2D eigenvalue weighted by Gasteiger charge is 2.17. The molecule has 2 heteroatoms. The van der Waals surface area contributed by atoms with Gasteiger partial charge < -0.3 is 0 Å². The van der Waals surface area contributed by atoms with Crippen molar-refractivity contribution in [2.45, 2.75) is 19.3 Å². The van der Waals surface area contributed by atoms with E-state index >= 15 is 0 Å². The van der Waals surface area contributed by atoms with Gasteiger partial charge in [-0.1, -0.05) is 23.7 Å². The lowest BCUT2D eigenvalue weighted by molar-refractivity contribution is 0.0974. The monoisotopic (exact) mass is 158 g/mol. The maximum atomic E-state index is 11.5. The molecule has 1 aromatic carbocycles. The summed E-state index contributed by atoms with van der Waals surface area (Å²) in [6.07, 6.45) is 2.83. The van der Waals surface area contributed by atoms with Crippen LogP contribution in [0.25, 0.3) is 0 Å². The number of carbonyl (C=O) groups excluding carboxylic acids is 1. The van der Waals surface area contributed by atoms with E-state index in [0.717, 1.165) is 30.3 Å². The van der Waals surface area contributed by atoms with Crippen molar-refractivity contribution in [1.29, 1.82) is 0 Å². The molecule has 0 unspecified atom stereocenters. The average molecular weight is 158 g/mol. The van der Waals surface area contributed by atoms with Crippen molar-refractivity contribution in [3.8, 4) is 0 Å². The van der Waals surface area contributed by atoms with E-state index in [1.165, 1.54) is 5.56 Å². The van der Waals surface area contributed by atoms with Crippen molar-refractivity contribution in [3.05, 3.63) is 29.3 Å². The second kappa shape index (κ2) is 2.78. The summed E-state index contributed by atoms with van der Waals surface area (Å²) in [4.78, 5) is 11.5. The van der Waals surface area contributed by atoms with Gasteiger partial charge in [0.25, 0.3) is 0 Å². The third kappa shape index (κ3) is 1.08. The summed E-state index contributed by atoms with van der Waals surface area (Å²) in [6, 6.07) is 6.12. The molecule has 0 bridgehead atoms. The van der Waals surface area contributed by atoms with Crippen LogP contribution in [0.4, 0.5) is 0 Å². The van der Waals surface area contributed by atoms with E-state index in [1.54, 1.807) is 0 Å². The quantitative estimate of drug-likeness (QED) is 0.501. The molecule has 0 saturated carbocycles. The number of aryl methyl sites for hydroxylation is 1. The molecule has 0 radical (unpaired) electrons. The Bertz CT molecular complexity index is 331. The van der Waals surface area contributed by atoms with Gasteiger partial charge in [0.05, 0.1) is 0 Å². The minimum atomic E-state index is 0.328. The van der Waals surface area contributed by atoms with Crippen molar-refractivity contribution in [2.75, 3.05) is 0 Å². The van der Waals surface area contributed by atoms with Crippen LogP contribution >= 0.6 is 0 Å². The molecule has 0 heterocycles. The zero-order valence-electron chi connectivity index (χ0n) is 7.26. The first kappa shape index (κ1) is 7.60. The van der Waals surface area contributed by atoms with Crippen LogP contribution in [0.2, 0.25) is 0 Å². The molecule has 1 aliphatic rings. The molecule has 1 aliphatic carbocycles. The number of rotatable bonds is 0. The Kier molecular flexibility index (Phi) is 1.76. The third-order valence-electron chi connectivity index (χ3n) is 2.49. The minimum absolute atomic E-state index is 0.328. The van der Waals surface area contributed by atoms with Crippen molar-refractivity contribution in [3.63, 3.8) is 0 Å². The molecule has 0 aromatic heterocycles. The number of fused-ring (bicyclic) bond motifs is 1. The number of carbonyl (C=O) groups is 1. The van der Waals surface area contributed by atoms with Gasteiger partial charge in [0.1, 0.15) is 7.85 Å². The summed E-state index contributed by atoms with van der Waals surface area (Å²) in [5.41, 5.74) is 3.37. The molecule has 1 nitrogen and oxygen atoms in total. The number of benzene rings is 1. The molecule has 0 fully saturated rings. The van der Waals surface area contributed by atoms with E-state index in [-0.39, 0.29) is 0 Å². The Labute approximate surface area is 73.2 Å². The van der Waals surface area contributed by atoms with Crippen LogP contribution in [0.3, 0.4) is 0 Å². The van der Waals surface area contributed by atoms with E-state index in [4.69, 9.17) is 0 Å². The first-order valence-electron chi connectivity index (χ1n) is 4.41. The SMILES string of the molecule is Bc1cccc2c1C(=O)CCC2. The standard InChI is InChI=1S/C10H11BO/c11-8-5-1-3-7-4-2-6-9(12)10(7)8/h1,3,5H,2,4,6,11H2. The molecule has 0 aliphatic heterocycles. The average Bonchev–Trinajstić information content (AvgIpc) is 2.04. The second-order valence-electron chi connectivity index (χ2n) is 3.39. The summed E-state index contributed by atoms with van der Waals surface area (Å²) >= 11 is 0. The maximum absolute atomic E-state index is 11.5.